The molecule has 1 rings (SSSR count). The zero-order valence-corrected chi connectivity index (χ0v) is 40.2. The Kier molecular flexibility index (Phi) is 38.6. The number of unbranched alkanes of at least 4 members (excludes halogenated alkanes) is 18. The molecule has 1 amide bonds. The van der Waals surface area contributed by atoms with E-state index in [1.54, 1.807) is 0 Å². The van der Waals surface area contributed by atoms with Crippen LogP contribution in [0.3, 0.4) is 0 Å². The second kappa shape index (κ2) is 41.6. The standard InChI is InChI=1S/C51H94N2O8/c1-6-11-14-17-20-21-22-23-24-25-26-27-28-29-32-36-48(54)60-46-43-47(45-53(44-46)51(56)59-42-35-39-52(9-4)10-5)61-49(55)37-38-50(57-40-33-30-18-15-12-7-2)58-41-34-31-19-16-13-8-3/h20-21,23-24,46-47,50H,6-19,22,25-45H2,1-5H3/b21-20-,24-23-. The van der Waals surface area contributed by atoms with Crippen LogP contribution < -0.4 is 0 Å². The van der Waals surface area contributed by atoms with Crippen molar-refractivity contribution in [3.05, 3.63) is 24.3 Å². The molecule has 1 fully saturated rings. The summed E-state index contributed by atoms with van der Waals surface area (Å²) in [7, 11) is 0. The molecule has 0 bridgehead atoms. The van der Waals surface area contributed by atoms with Gasteiger partial charge in [0.15, 0.2) is 6.29 Å². The average Bonchev–Trinajstić information content (AvgIpc) is 3.25. The lowest BCUT2D eigenvalue weighted by Gasteiger charge is -2.36. The summed E-state index contributed by atoms with van der Waals surface area (Å²) in [6.45, 7) is 15.6. The molecule has 0 aliphatic carbocycles. The number of amides is 1. The van der Waals surface area contributed by atoms with Crippen molar-refractivity contribution in [1.82, 2.24) is 9.80 Å². The summed E-state index contributed by atoms with van der Waals surface area (Å²) in [5.41, 5.74) is 0. The Morgan fingerprint density at radius 1 is 0.557 bits per heavy atom. The molecule has 0 aromatic heterocycles. The molecule has 10 heteroatoms. The van der Waals surface area contributed by atoms with E-state index in [0.29, 0.717) is 39.1 Å². The van der Waals surface area contributed by atoms with E-state index in [1.165, 1.54) is 81.9 Å². The van der Waals surface area contributed by atoms with E-state index in [1.807, 2.05) is 0 Å². The van der Waals surface area contributed by atoms with Crippen LogP contribution in [0, 0.1) is 0 Å². The summed E-state index contributed by atoms with van der Waals surface area (Å²) >= 11 is 0. The Hall–Kier alpha value is -2.43. The molecule has 0 saturated carbocycles. The first-order valence-corrected chi connectivity index (χ1v) is 25.4. The van der Waals surface area contributed by atoms with Crippen molar-refractivity contribution < 1.29 is 38.1 Å². The molecule has 1 saturated heterocycles. The number of carbonyl (C=O) groups excluding carboxylic acids is 3. The number of ether oxygens (including phenoxy) is 5. The number of hydrogen-bond acceptors (Lipinski definition) is 9. The van der Waals surface area contributed by atoms with Gasteiger partial charge in [-0.3, -0.25) is 9.59 Å². The molecular formula is C51H94N2O8. The van der Waals surface area contributed by atoms with Crippen LogP contribution in [0.1, 0.15) is 214 Å². The topological polar surface area (TPSA) is 104 Å². The van der Waals surface area contributed by atoms with E-state index in [0.717, 1.165) is 96.7 Å². The summed E-state index contributed by atoms with van der Waals surface area (Å²) in [6.07, 6.45) is 35.3. The summed E-state index contributed by atoms with van der Waals surface area (Å²) in [5, 5.41) is 0. The summed E-state index contributed by atoms with van der Waals surface area (Å²) in [4.78, 5) is 43.4. The number of nitrogens with zero attached hydrogens (tertiary/aromatic N) is 2. The molecule has 1 aliphatic rings. The third-order valence-corrected chi connectivity index (χ3v) is 11.5. The van der Waals surface area contributed by atoms with Crippen molar-refractivity contribution in [3.63, 3.8) is 0 Å². The second-order valence-electron chi connectivity index (χ2n) is 17.1. The highest BCUT2D eigenvalue weighted by molar-refractivity contribution is 5.71. The zero-order chi connectivity index (χ0) is 44.4. The van der Waals surface area contributed by atoms with Gasteiger partial charge in [-0.1, -0.05) is 155 Å². The number of hydrogen-bond donors (Lipinski definition) is 0. The van der Waals surface area contributed by atoms with Crippen molar-refractivity contribution in [2.75, 3.05) is 52.5 Å². The fourth-order valence-corrected chi connectivity index (χ4v) is 7.62. The zero-order valence-electron chi connectivity index (χ0n) is 40.2. The summed E-state index contributed by atoms with van der Waals surface area (Å²) in [6, 6.07) is 0. The van der Waals surface area contributed by atoms with E-state index in [2.05, 4.69) is 63.8 Å². The first-order chi connectivity index (χ1) is 29.9. The average molecular weight is 863 g/mol. The van der Waals surface area contributed by atoms with E-state index >= 15 is 0 Å². The van der Waals surface area contributed by atoms with Crippen molar-refractivity contribution in [2.24, 2.45) is 0 Å². The fourth-order valence-electron chi connectivity index (χ4n) is 7.62. The third kappa shape index (κ3) is 33.8. The van der Waals surface area contributed by atoms with Crippen LogP contribution in [0.5, 0.6) is 0 Å². The van der Waals surface area contributed by atoms with Gasteiger partial charge in [0.05, 0.1) is 26.1 Å². The van der Waals surface area contributed by atoms with Crippen LogP contribution in [0.25, 0.3) is 0 Å². The van der Waals surface area contributed by atoms with Gasteiger partial charge in [0, 0.05) is 39.0 Å². The maximum absolute atomic E-state index is 13.3. The Balaban J connectivity index is 2.66. The van der Waals surface area contributed by atoms with Crippen molar-refractivity contribution in [3.8, 4) is 0 Å². The Bertz CT molecular complexity index is 1080. The number of allylic oxidation sites excluding steroid dienone is 4. The molecule has 2 atom stereocenters. The largest absolute Gasteiger partial charge is 0.460 e. The number of likely N-dealkylation sites (tertiary alicyclic amines) is 1. The Morgan fingerprint density at radius 2 is 1.03 bits per heavy atom. The van der Waals surface area contributed by atoms with Crippen molar-refractivity contribution in [2.45, 2.75) is 233 Å². The second-order valence-corrected chi connectivity index (χ2v) is 17.1. The SMILES string of the molecule is CCCCC/C=C\C/C=C\CCCCCCCC(=O)OC1CC(OC(=O)CCC(OCCCCCCCC)OCCCCCCCC)CN(C(=O)OCCCN(CC)CC)C1. The van der Waals surface area contributed by atoms with Gasteiger partial charge in [0.2, 0.25) is 0 Å². The van der Waals surface area contributed by atoms with Crippen LogP contribution in [0.4, 0.5) is 4.79 Å². The van der Waals surface area contributed by atoms with Gasteiger partial charge in [0.25, 0.3) is 0 Å². The number of rotatable bonds is 41. The minimum atomic E-state index is -0.607. The molecule has 61 heavy (non-hydrogen) atoms. The summed E-state index contributed by atoms with van der Waals surface area (Å²) in [5.74, 6) is -0.644. The van der Waals surface area contributed by atoms with Crippen LogP contribution in [-0.4, -0.2) is 98.9 Å². The number of esters is 2. The molecule has 10 nitrogen and oxygen atoms in total. The first kappa shape index (κ1) is 56.6. The predicted molar refractivity (Wildman–Crippen MR) is 251 cm³/mol. The lowest BCUT2D eigenvalue weighted by Crippen LogP contribution is -2.51. The molecule has 2 unspecified atom stereocenters. The van der Waals surface area contributed by atoms with Crippen LogP contribution in [0.15, 0.2) is 24.3 Å². The maximum Gasteiger partial charge on any atom is 0.410 e. The van der Waals surface area contributed by atoms with Crippen molar-refractivity contribution >= 4 is 18.0 Å². The van der Waals surface area contributed by atoms with Gasteiger partial charge in [-0.25, -0.2) is 4.79 Å². The monoisotopic (exact) mass is 863 g/mol. The minimum absolute atomic E-state index is 0.140. The van der Waals surface area contributed by atoms with Gasteiger partial charge >= 0.3 is 18.0 Å². The van der Waals surface area contributed by atoms with Crippen molar-refractivity contribution in [1.29, 1.82) is 0 Å². The van der Waals surface area contributed by atoms with E-state index in [4.69, 9.17) is 23.7 Å². The lowest BCUT2D eigenvalue weighted by atomic mass is 10.1. The Morgan fingerprint density at radius 3 is 1.59 bits per heavy atom. The molecule has 0 aromatic carbocycles. The van der Waals surface area contributed by atoms with E-state index in [-0.39, 0.29) is 31.4 Å². The van der Waals surface area contributed by atoms with Gasteiger partial charge in [-0.2, -0.15) is 0 Å². The van der Waals surface area contributed by atoms with Gasteiger partial charge in [-0.05, 0) is 70.9 Å². The molecule has 0 N–H and O–H groups in total. The van der Waals surface area contributed by atoms with E-state index < -0.39 is 24.6 Å². The quantitative estimate of drug-likeness (QED) is 0.0195. The highest BCUT2D eigenvalue weighted by atomic mass is 16.7. The maximum atomic E-state index is 13.3. The first-order valence-electron chi connectivity index (χ1n) is 25.4. The summed E-state index contributed by atoms with van der Waals surface area (Å²) < 4.78 is 29.8. The predicted octanol–water partition coefficient (Wildman–Crippen LogP) is 13.1. The molecule has 0 aromatic rings. The fraction of sp³-hybridized carbons (Fsp3) is 0.863. The number of piperidine rings is 1. The third-order valence-electron chi connectivity index (χ3n) is 11.5. The molecule has 0 spiro atoms. The lowest BCUT2D eigenvalue weighted by molar-refractivity contribution is -0.168. The van der Waals surface area contributed by atoms with E-state index in [9.17, 15) is 14.4 Å². The molecule has 356 valence electrons. The molecule has 1 heterocycles. The highest BCUT2D eigenvalue weighted by Crippen LogP contribution is 2.21. The van der Waals surface area contributed by atoms with Crippen LogP contribution >= 0.6 is 0 Å². The van der Waals surface area contributed by atoms with Gasteiger partial charge < -0.3 is 33.5 Å². The molecule has 1 aliphatic heterocycles. The molecular weight excluding hydrogens is 769 g/mol. The van der Waals surface area contributed by atoms with Gasteiger partial charge in [0.1, 0.15) is 12.2 Å². The van der Waals surface area contributed by atoms with Gasteiger partial charge in [-0.15, -0.1) is 0 Å². The number of carbonyl (C=O) groups is 3. The molecule has 0 radical (unpaired) electrons. The normalized spacial score (nSPS) is 15.8. The van der Waals surface area contributed by atoms with Crippen LogP contribution in [0.2, 0.25) is 0 Å². The Labute approximate surface area is 374 Å². The minimum Gasteiger partial charge on any atom is -0.460 e. The highest BCUT2D eigenvalue weighted by Gasteiger charge is 2.35. The van der Waals surface area contributed by atoms with Crippen LogP contribution in [-0.2, 0) is 33.3 Å². The smallest absolute Gasteiger partial charge is 0.410 e.